The van der Waals surface area contributed by atoms with Crippen LogP contribution < -0.4 is 20.1 Å². The van der Waals surface area contributed by atoms with E-state index in [4.69, 9.17) is 15.2 Å². The molecule has 2 aromatic rings. The number of carbonyl (C=O) groups excluding carboxylic acids is 1. The Morgan fingerprint density at radius 3 is 2.45 bits per heavy atom. The first-order valence-electron chi connectivity index (χ1n) is 10.2. The summed E-state index contributed by atoms with van der Waals surface area (Å²) in [6, 6.07) is 13.4. The minimum absolute atomic E-state index is 0.0494. The standard InChI is InChI=1S/C23H31N3O3/c1-17(2)29-22-9-8-18(16-19(22)24)21(27)10-11-25-12-14-26(15-13-25)20-6-4-5-7-23(20)28-3/h4-9,16-17H,10-15,24H2,1-3H3. The van der Waals surface area contributed by atoms with Gasteiger partial charge in [0, 0.05) is 44.7 Å². The molecule has 0 bridgehead atoms. The summed E-state index contributed by atoms with van der Waals surface area (Å²) >= 11 is 0. The predicted molar refractivity (Wildman–Crippen MR) is 117 cm³/mol. The fraction of sp³-hybridized carbons (Fsp3) is 0.435. The third-order valence-corrected chi connectivity index (χ3v) is 5.15. The first-order chi connectivity index (χ1) is 14.0. The largest absolute Gasteiger partial charge is 0.495 e. The Morgan fingerprint density at radius 2 is 1.79 bits per heavy atom. The van der Waals surface area contributed by atoms with Gasteiger partial charge in [-0.2, -0.15) is 0 Å². The van der Waals surface area contributed by atoms with Gasteiger partial charge in [-0.25, -0.2) is 0 Å². The summed E-state index contributed by atoms with van der Waals surface area (Å²) in [6.07, 6.45) is 0.534. The number of para-hydroxylation sites is 2. The molecule has 29 heavy (non-hydrogen) atoms. The number of benzene rings is 2. The van der Waals surface area contributed by atoms with Crippen molar-refractivity contribution in [3.63, 3.8) is 0 Å². The zero-order chi connectivity index (χ0) is 20.8. The minimum Gasteiger partial charge on any atom is -0.495 e. The molecule has 0 aliphatic carbocycles. The summed E-state index contributed by atoms with van der Waals surface area (Å²) in [5.74, 6) is 1.64. The fourth-order valence-electron chi connectivity index (χ4n) is 3.59. The van der Waals surface area contributed by atoms with E-state index in [1.807, 2.05) is 32.0 Å². The number of rotatable bonds is 8. The van der Waals surface area contributed by atoms with Gasteiger partial charge in [0.15, 0.2) is 5.78 Å². The Hall–Kier alpha value is -2.73. The number of hydrogen-bond acceptors (Lipinski definition) is 6. The highest BCUT2D eigenvalue weighted by Crippen LogP contribution is 2.28. The molecule has 1 aliphatic heterocycles. The lowest BCUT2D eigenvalue weighted by Gasteiger charge is -2.36. The van der Waals surface area contributed by atoms with Crippen molar-refractivity contribution in [2.45, 2.75) is 26.4 Å². The van der Waals surface area contributed by atoms with Crippen molar-refractivity contribution in [2.75, 3.05) is 50.5 Å². The SMILES string of the molecule is COc1ccccc1N1CCN(CCC(=O)c2ccc(OC(C)C)c(N)c2)CC1. The number of nitrogens with zero attached hydrogens (tertiary/aromatic N) is 2. The van der Waals surface area contributed by atoms with Gasteiger partial charge in [0.05, 0.1) is 24.6 Å². The molecule has 0 unspecified atom stereocenters. The van der Waals surface area contributed by atoms with Gasteiger partial charge in [0.2, 0.25) is 0 Å². The molecule has 6 nitrogen and oxygen atoms in total. The number of methoxy groups -OCH3 is 1. The predicted octanol–water partition coefficient (Wildman–Crippen LogP) is 3.46. The van der Waals surface area contributed by atoms with Crippen molar-refractivity contribution in [1.29, 1.82) is 0 Å². The number of nitrogens with two attached hydrogens (primary N) is 1. The number of anilines is 2. The Balaban J connectivity index is 1.50. The van der Waals surface area contributed by atoms with Crippen LogP contribution in [0.15, 0.2) is 42.5 Å². The number of carbonyl (C=O) groups is 1. The van der Waals surface area contributed by atoms with Crippen LogP contribution in [0, 0.1) is 0 Å². The third-order valence-electron chi connectivity index (χ3n) is 5.15. The number of piperazine rings is 1. The molecule has 6 heteroatoms. The molecule has 1 fully saturated rings. The van der Waals surface area contributed by atoms with Crippen LogP contribution in [0.1, 0.15) is 30.6 Å². The van der Waals surface area contributed by atoms with Gasteiger partial charge in [-0.15, -0.1) is 0 Å². The lowest BCUT2D eigenvalue weighted by atomic mass is 10.1. The molecule has 2 aromatic carbocycles. The lowest BCUT2D eigenvalue weighted by molar-refractivity contribution is 0.0962. The summed E-state index contributed by atoms with van der Waals surface area (Å²) in [5.41, 5.74) is 8.32. The summed E-state index contributed by atoms with van der Waals surface area (Å²) in [5, 5.41) is 0. The topological polar surface area (TPSA) is 68.0 Å². The Bertz CT molecular complexity index is 830. The van der Waals surface area contributed by atoms with E-state index in [0.717, 1.165) is 44.2 Å². The number of Topliss-reactive ketones (excluding diaryl/α,β-unsaturated/α-hetero) is 1. The van der Waals surface area contributed by atoms with Gasteiger partial charge in [0.1, 0.15) is 11.5 Å². The van der Waals surface area contributed by atoms with Crippen LogP contribution in [0.3, 0.4) is 0 Å². The summed E-state index contributed by atoms with van der Waals surface area (Å²) in [7, 11) is 1.70. The highest BCUT2D eigenvalue weighted by Gasteiger charge is 2.20. The molecule has 2 N–H and O–H groups in total. The molecule has 1 saturated heterocycles. The molecule has 0 aromatic heterocycles. The summed E-state index contributed by atoms with van der Waals surface area (Å²) in [4.78, 5) is 17.3. The van der Waals surface area contributed by atoms with Crippen LogP contribution in [0.25, 0.3) is 0 Å². The minimum atomic E-state index is 0.0494. The maximum absolute atomic E-state index is 12.6. The molecule has 0 saturated carbocycles. The molecular formula is C23H31N3O3. The molecule has 1 heterocycles. The van der Waals surface area contributed by atoms with Gasteiger partial charge < -0.3 is 20.1 Å². The molecule has 156 valence electrons. The zero-order valence-electron chi connectivity index (χ0n) is 17.6. The van der Waals surface area contributed by atoms with Crippen molar-refractivity contribution < 1.29 is 14.3 Å². The van der Waals surface area contributed by atoms with Gasteiger partial charge in [-0.05, 0) is 44.2 Å². The Kier molecular flexibility index (Phi) is 6.99. The van der Waals surface area contributed by atoms with Gasteiger partial charge >= 0.3 is 0 Å². The summed E-state index contributed by atoms with van der Waals surface area (Å²) in [6.45, 7) is 8.34. The molecule has 0 radical (unpaired) electrons. The fourth-order valence-corrected chi connectivity index (χ4v) is 3.59. The number of hydrogen-bond donors (Lipinski definition) is 1. The van der Waals surface area contributed by atoms with Crippen LogP contribution in [-0.2, 0) is 0 Å². The van der Waals surface area contributed by atoms with Crippen molar-refractivity contribution in [3.05, 3.63) is 48.0 Å². The highest BCUT2D eigenvalue weighted by molar-refractivity contribution is 5.97. The smallest absolute Gasteiger partial charge is 0.164 e. The van der Waals surface area contributed by atoms with Crippen LogP contribution in [-0.4, -0.2) is 56.6 Å². The van der Waals surface area contributed by atoms with E-state index in [-0.39, 0.29) is 11.9 Å². The molecule has 0 atom stereocenters. The van der Waals surface area contributed by atoms with Crippen LogP contribution in [0.4, 0.5) is 11.4 Å². The monoisotopic (exact) mass is 397 g/mol. The second kappa shape index (κ2) is 9.65. The Labute approximate surface area is 173 Å². The molecule has 0 amide bonds. The second-order valence-corrected chi connectivity index (χ2v) is 7.59. The number of ketones is 1. The average molecular weight is 398 g/mol. The van der Waals surface area contributed by atoms with E-state index in [1.54, 1.807) is 25.3 Å². The summed E-state index contributed by atoms with van der Waals surface area (Å²) < 4.78 is 11.1. The van der Waals surface area contributed by atoms with E-state index in [2.05, 4.69) is 15.9 Å². The molecular weight excluding hydrogens is 366 g/mol. The van der Waals surface area contributed by atoms with Crippen molar-refractivity contribution in [2.24, 2.45) is 0 Å². The van der Waals surface area contributed by atoms with Crippen LogP contribution in [0.2, 0.25) is 0 Å². The average Bonchev–Trinajstić information content (AvgIpc) is 2.73. The Morgan fingerprint density at radius 1 is 1.07 bits per heavy atom. The van der Waals surface area contributed by atoms with E-state index >= 15 is 0 Å². The van der Waals surface area contributed by atoms with E-state index in [0.29, 0.717) is 23.4 Å². The maximum atomic E-state index is 12.6. The lowest BCUT2D eigenvalue weighted by Crippen LogP contribution is -2.47. The second-order valence-electron chi connectivity index (χ2n) is 7.59. The quantitative estimate of drug-likeness (QED) is 0.543. The van der Waals surface area contributed by atoms with Crippen molar-refractivity contribution >= 4 is 17.2 Å². The van der Waals surface area contributed by atoms with Crippen LogP contribution >= 0.6 is 0 Å². The van der Waals surface area contributed by atoms with E-state index < -0.39 is 0 Å². The molecule has 0 spiro atoms. The highest BCUT2D eigenvalue weighted by atomic mass is 16.5. The molecule has 3 rings (SSSR count). The van der Waals surface area contributed by atoms with Crippen molar-refractivity contribution in [1.82, 2.24) is 4.90 Å². The first-order valence-corrected chi connectivity index (χ1v) is 10.2. The molecule has 1 aliphatic rings. The van der Waals surface area contributed by atoms with Crippen molar-refractivity contribution in [3.8, 4) is 11.5 Å². The van der Waals surface area contributed by atoms with Gasteiger partial charge in [-0.1, -0.05) is 12.1 Å². The number of ether oxygens (including phenoxy) is 2. The van der Waals surface area contributed by atoms with Gasteiger partial charge in [0.25, 0.3) is 0 Å². The maximum Gasteiger partial charge on any atom is 0.164 e. The third kappa shape index (κ3) is 5.41. The van der Waals surface area contributed by atoms with Crippen LogP contribution in [0.5, 0.6) is 11.5 Å². The zero-order valence-corrected chi connectivity index (χ0v) is 17.6. The normalized spacial score (nSPS) is 14.8. The van der Waals surface area contributed by atoms with Gasteiger partial charge in [-0.3, -0.25) is 9.69 Å². The first kappa shape index (κ1) is 21.0. The number of nitrogen functional groups attached to an aromatic ring is 1. The van der Waals surface area contributed by atoms with E-state index in [1.165, 1.54) is 0 Å². The van der Waals surface area contributed by atoms with E-state index in [9.17, 15) is 4.79 Å².